The van der Waals surface area contributed by atoms with Gasteiger partial charge >= 0.3 is 0 Å². The Morgan fingerprint density at radius 3 is 2.55 bits per heavy atom. The van der Waals surface area contributed by atoms with Crippen LogP contribution < -0.4 is 15.8 Å². The lowest BCUT2D eigenvalue weighted by Crippen LogP contribution is -2.20. The van der Waals surface area contributed by atoms with Crippen LogP contribution in [0.15, 0.2) is 18.2 Å². The molecule has 0 aliphatic heterocycles. The third kappa shape index (κ3) is 4.62. The van der Waals surface area contributed by atoms with Crippen molar-refractivity contribution in [3.05, 3.63) is 18.2 Å². The van der Waals surface area contributed by atoms with Gasteiger partial charge in [-0.3, -0.25) is 0 Å². The van der Waals surface area contributed by atoms with Gasteiger partial charge in [-0.2, -0.15) is 0 Å². The highest BCUT2D eigenvalue weighted by Crippen LogP contribution is 2.27. The summed E-state index contributed by atoms with van der Waals surface area (Å²) in [5.74, 6) is 0.808. The smallest absolute Gasteiger partial charge is 0.144 e. The minimum absolute atomic E-state index is 0.595. The van der Waals surface area contributed by atoms with Crippen LogP contribution >= 0.6 is 0 Å². The average molecular weight is 276 g/mol. The molecule has 3 heteroatoms. The van der Waals surface area contributed by atoms with Gasteiger partial charge in [0.15, 0.2) is 0 Å². The number of hydrogen-bond acceptors (Lipinski definition) is 3. The minimum atomic E-state index is 0.595. The van der Waals surface area contributed by atoms with Gasteiger partial charge in [-0.15, -0.1) is 0 Å². The van der Waals surface area contributed by atoms with Crippen LogP contribution in [0.4, 0.5) is 11.4 Å². The summed E-state index contributed by atoms with van der Waals surface area (Å²) in [5.41, 5.74) is 7.82. The number of nitrogen functional groups attached to an aromatic ring is 1. The molecule has 0 unspecified atom stereocenters. The SMILES string of the molecule is CCCOc1cc(NC2CCCCCCC2)ccc1N. The molecule has 1 aliphatic carbocycles. The summed E-state index contributed by atoms with van der Waals surface area (Å²) in [6, 6.07) is 6.64. The van der Waals surface area contributed by atoms with Crippen LogP contribution in [0.3, 0.4) is 0 Å². The lowest BCUT2D eigenvalue weighted by atomic mass is 9.96. The molecule has 0 saturated heterocycles. The Labute approximate surface area is 122 Å². The van der Waals surface area contributed by atoms with Gasteiger partial charge in [0.2, 0.25) is 0 Å². The predicted molar refractivity (Wildman–Crippen MR) is 86.4 cm³/mol. The van der Waals surface area contributed by atoms with E-state index in [4.69, 9.17) is 10.5 Å². The van der Waals surface area contributed by atoms with Crippen molar-refractivity contribution in [2.24, 2.45) is 0 Å². The molecule has 0 spiro atoms. The first-order valence-corrected chi connectivity index (χ1v) is 8.08. The molecule has 0 heterocycles. The summed E-state index contributed by atoms with van der Waals surface area (Å²) in [7, 11) is 0. The summed E-state index contributed by atoms with van der Waals surface area (Å²) in [5, 5.41) is 3.66. The van der Waals surface area contributed by atoms with Crippen molar-refractivity contribution >= 4 is 11.4 Å². The zero-order valence-corrected chi connectivity index (χ0v) is 12.7. The molecule has 1 aliphatic rings. The normalized spacial score (nSPS) is 17.2. The van der Waals surface area contributed by atoms with Crippen LogP contribution in [-0.4, -0.2) is 12.6 Å². The van der Waals surface area contributed by atoms with E-state index in [2.05, 4.69) is 18.3 Å². The maximum atomic E-state index is 5.96. The van der Waals surface area contributed by atoms with Gasteiger partial charge in [0, 0.05) is 17.8 Å². The lowest BCUT2D eigenvalue weighted by molar-refractivity contribution is 0.319. The van der Waals surface area contributed by atoms with Crippen molar-refractivity contribution in [1.82, 2.24) is 0 Å². The largest absolute Gasteiger partial charge is 0.491 e. The van der Waals surface area contributed by atoms with Gasteiger partial charge in [0.1, 0.15) is 5.75 Å². The van der Waals surface area contributed by atoms with Crippen molar-refractivity contribution in [1.29, 1.82) is 0 Å². The molecule has 1 fully saturated rings. The van der Waals surface area contributed by atoms with Gasteiger partial charge in [-0.1, -0.05) is 39.0 Å². The van der Waals surface area contributed by atoms with Gasteiger partial charge in [0.05, 0.1) is 12.3 Å². The quantitative estimate of drug-likeness (QED) is 0.774. The Kier molecular flexibility index (Phi) is 6.03. The molecular weight excluding hydrogens is 248 g/mol. The second-order valence-corrected chi connectivity index (χ2v) is 5.79. The average Bonchev–Trinajstić information content (AvgIpc) is 2.42. The van der Waals surface area contributed by atoms with E-state index in [0.717, 1.165) is 30.2 Å². The molecule has 1 aromatic carbocycles. The van der Waals surface area contributed by atoms with Gasteiger partial charge < -0.3 is 15.8 Å². The van der Waals surface area contributed by atoms with E-state index in [-0.39, 0.29) is 0 Å². The molecule has 0 radical (unpaired) electrons. The molecule has 3 nitrogen and oxygen atoms in total. The lowest BCUT2D eigenvalue weighted by Gasteiger charge is -2.22. The van der Waals surface area contributed by atoms with E-state index in [1.165, 1.54) is 44.9 Å². The summed E-state index contributed by atoms with van der Waals surface area (Å²) >= 11 is 0. The van der Waals surface area contributed by atoms with E-state index in [9.17, 15) is 0 Å². The highest BCUT2D eigenvalue weighted by molar-refractivity contribution is 5.61. The zero-order valence-electron chi connectivity index (χ0n) is 12.7. The minimum Gasteiger partial charge on any atom is -0.491 e. The van der Waals surface area contributed by atoms with Gasteiger partial charge in [-0.05, 0) is 31.4 Å². The van der Waals surface area contributed by atoms with Gasteiger partial charge in [0.25, 0.3) is 0 Å². The number of ether oxygens (including phenoxy) is 1. The van der Waals surface area contributed by atoms with Crippen LogP contribution in [0.5, 0.6) is 5.75 Å². The Morgan fingerprint density at radius 1 is 1.15 bits per heavy atom. The maximum absolute atomic E-state index is 5.96. The van der Waals surface area contributed by atoms with Gasteiger partial charge in [-0.25, -0.2) is 0 Å². The Balaban J connectivity index is 1.96. The highest BCUT2D eigenvalue weighted by Gasteiger charge is 2.12. The van der Waals surface area contributed by atoms with Crippen LogP contribution in [-0.2, 0) is 0 Å². The van der Waals surface area contributed by atoms with E-state index >= 15 is 0 Å². The molecule has 0 amide bonds. The van der Waals surface area contributed by atoms with E-state index in [1.807, 2.05) is 12.1 Å². The molecule has 112 valence electrons. The maximum Gasteiger partial charge on any atom is 0.144 e. The molecule has 0 atom stereocenters. The number of anilines is 2. The van der Waals surface area contributed by atoms with E-state index in [0.29, 0.717) is 6.04 Å². The van der Waals surface area contributed by atoms with Crippen molar-refractivity contribution in [2.45, 2.75) is 64.3 Å². The van der Waals surface area contributed by atoms with Crippen LogP contribution in [0, 0.1) is 0 Å². The molecule has 0 aromatic heterocycles. The fourth-order valence-electron chi connectivity index (χ4n) is 2.80. The number of hydrogen-bond donors (Lipinski definition) is 2. The number of benzene rings is 1. The molecule has 1 aromatic rings. The predicted octanol–water partition coefficient (Wildman–Crippen LogP) is 4.58. The second kappa shape index (κ2) is 8.03. The topological polar surface area (TPSA) is 47.3 Å². The molecular formula is C17H28N2O. The van der Waals surface area contributed by atoms with Crippen molar-refractivity contribution < 1.29 is 4.74 Å². The third-order valence-corrected chi connectivity index (χ3v) is 3.95. The van der Waals surface area contributed by atoms with Crippen molar-refractivity contribution in [3.63, 3.8) is 0 Å². The fraction of sp³-hybridized carbons (Fsp3) is 0.647. The van der Waals surface area contributed by atoms with Crippen molar-refractivity contribution in [3.8, 4) is 5.75 Å². The summed E-state index contributed by atoms with van der Waals surface area (Å²) in [6.45, 7) is 2.82. The number of nitrogens with one attached hydrogen (secondary N) is 1. The van der Waals surface area contributed by atoms with Crippen LogP contribution in [0.1, 0.15) is 58.3 Å². The standard InChI is InChI=1S/C17H28N2O/c1-2-12-20-17-13-15(10-11-16(17)18)19-14-8-6-4-3-5-7-9-14/h10-11,13-14,19H,2-9,12,18H2,1H3. The Hall–Kier alpha value is -1.38. The highest BCUT2D eigenvalue weighted by atomic mass is 16.5. The molecule has 1 saturated carbocycles. The Morgan fingerprint density at radius 2 is 1.85 bits per heavy atom. The molecule has 20 heavy (non-hydrogen) atoms. The fourth-order valence-corrected chi connectivity index (χ4v) is 2.80. The zero-order chi connectivity index (χ0) is 14.2. The summed E-state index contributed by atoms with van der Waals surface area (Å²) < 4.78 is 5.70. The monoisotopic (exact) mass is 276 g/mol. The molecule has 3 N–H and O–H groups in total. The molecule has 0 bridgehead atoms. The number of nitrogens with two attached hydrogens (primary N) is 1. The first kappa shape index (κ1) is 15.0. The summed E-state index contributed by atoms with van der Waals surface area (Å²) in [4.78, 5) is 0. The second-order valence-electron chi connectivity index (χ2n) is 5.79. The first-order chi connectivity index (χ1) is 9.79. The van der Waals surface area contributed by atoms with Crippen molar-refractivity contribution in [2.75, 3.05) is 17.7 Å². The van der Waals surface area contributed by atoms with Crippen LogP contribution in [0.2, 0.25) is 0 Å². The summed E-state index contributed by atoms with van der Waals surface area (Å²) in [6.07, 6.45) is 10.4. The number of rotatable bonds is 5. The Bertz CT molecular complexity index is 398. The third-order valence-electron chi connectivity index (χ3n) is 3.95. The van der Waals surface area contributed by atoms with E-state index < -0.39 is 0 Å². The van der Waals surface area contributed by atoms with Crippen LogP contribution in [0.25, 0.3) is 0 Å². The van der Waals surface area contributed by atoms with E-state index in [1.54, 1.807) is 0 Å². The molecule has 2 rings (SSSR count). The first-order valence-electron chi connectivity index (χ1n) is 8.08.